The molecule has 17 heavy (non-hydrogen) atoms. The van der Waals surface area contributed by atoms with Crippen LogP contribution in [0.5, 0.6) is 0 Å². The van der Waals surface area contributed by atoms with Crippen molar-refractivity contribution in [2.75, 3.05) is 38.8 Å². The number of halogens is 1. The molecule has 0 atom stereocenters. The molecule has 0 spiro atoms. The number of nitrogens with one attached hydrogen (secondary N) is 1. The Hall–Kier alpha value is -0.720. The van der Waals surface area contributed by atoms with Crippen molar-refractivity contribution in [2.45, 2.75) is 13.3 Å². The van der Waals surface area contributed by atoms with E-state index >= 15 is 0 Å². The van der Waals surface area contributed by atoms with Crippen molar-refractivity contribution in [3.63, 3.8) is 0 Å². The zero-order valence-electron chi connectivity index (χ0n) is 10.2. The molecule has 0 radical (unpaired) electrons. The van der Waals surface area contributed by atoms with Gasteiger partial charge in [0.05, 0.1) is 13.2 Å². The molecular weight excluding hydrogens is 286 g/mol. The predicted molar refractivity (Wildman–Crippen MR) is 70.3 cm³/mol. The third-order valence-corrected chi connectivity index (χ3v) is 2.42. The van der Waals surface area contributed by atoms with Gasteiger partial charge in [0.2, 0.25) is 0 Å². The van der Waals surface area contributed by atoms with Gasteiger partial charge in [-0.25, -0.2) is 9.97 Å². The van der Waals surface area contributed by atoms with Crippen molar-refractivity contribution in [1.29, 1.82) is 0 Å². The van der Waals surface area contributed by atoms with Gasteiger partial charge in [-0.05, 0) is 29.3 Å². The topological polar surface area (TPSA) is 56.3 Å². The van der Waals surface area contributed by atoms with Gasteiger partial charge in [0.25, 0.3) is 0 Å². The minimum Gasteiger partial charge on any atom is -0.382 e. The minimum atomic E-state index is 0.644. The lowest BCUT2D eigenvalue weighted by Gasteiger charge is -2.07. The van der Waals surface area contributed by atoms with Crippen LogP contribution in [0.15, 0.2) is 10.7 Å². The van der Waals surface area contributed by atoms with E-state index in [4.69, 9.17) is 9.47 Å². The van der Waals surface area contributed by atoms with Gasteiger partial charge in [0, 0.05) is 26.3 Å². The number of hydrogen-bond acceptors (Lipinski definition) is 5. The Morgan fingerprint density at radius 2 is 2.12 bits per heavy atom. The molecule has 6 heteroatoms. The Bertz CT molecular complexity index is 316. The van der Waals surface area contributed by atoms with Crippen LogP contribution in [0, 0.1) is 6.92 Å². The predicted octanol–water partition coefficient (Wildman–Crippen LogP) is 2.01. The number of hydrogen-bond donors (Lipinski definition) is 1. The first-order valence-corrected chi connectivity index (χ1v) is 6.33. The maximum atomic E-state index is 5.35. The fourth-order valence-electron chi connectivity index (χ4n) is 1.26. The van der Waals surface area contributed by atoms with Crippen LogP contribution in [0.1, 0.15) is 12.2 Å². The molecular formula is C11H18BrN3O2. The fraction of sp³-hybridized carbons (Fsp3) is 0.636. The number of ether oxygens (including phenoxy) is 2. The molecule has 0 fully saturated rings. The van der Waals surface area contributed by atoms with E-state index in [-0.39, 0.29) is 0 Å². The molecule has 0 saturated carbocycles. The summed E-state index contributed by atoms with van der Waals surface area (Å²) in [5.41, 5.74) is 0. The molecule has 0 aliphatic rings. The van der Waals surface area contributed by atoms with Crippen LogP contribution < -0.4 is 5.32 Å². The first-order valence-electron chi connectivity index (χ1n) is 5.54. The van der Waals surface area contributed by atoms with E-state index in [1.54, 1.807) is 7.11 Å². The van der Waals surface area contributed by atoms with Gasteiger partial charge in [-0.15, -0.1) is 0 Å². The summed E-state index contributed by atoms with van der Waals surface area (Å²) in [5, 5.41) is 3.22. The quantitative estimate of drug-likeness (QED) is 0.588. The number of nitrogens with zero attached hydrogens (tertiary/aromatic N) is 2. The summed E-state index contributed by atoms with van der Waals surface area (Å²) in [6.07, 6.45) is 0.935. The Balaban J connectivity index is 2.13. The summed E-state index contributed by atoms with van der Waals surface area (Å²) >= 11 is 3.33. The molecule has 0 unspecified atom stereocenters. The second-order valence-corrected chi connectivity index (χ2v) is 4.32. The Morgan fingerprint density at radius 1 is 1.29 bits per heavy atom. The number of methoxy groups -OCH3 is 1. The molecule has 0 aliphatic carbocycles. The summed E-state index contributed by atoms with van der Waals surface area (Å²) in [6.45, 7) is 4.71. The van der Waals surface area contributed by atoms with Crippen LogP contribution in [0.25, 0.3) is 0 Å². The molecule has 1 aromatic rings. The van der Waals surface area contributed by atoms with E-state index in [2.05, 4.69) is 31.2 Å². The lowest BCUT2D eigenvalue weighted by atomic mass is 10.4. The van der Waals surface area contributed by atoms with E-state index in [1.165, 1.54) is 0 Å². The highest BCUT2D eigenvalue weighted by molar-refractivity contribution is 9.10. The maximum Gasteiger partial charge on any atom is 0.130 e. The molecule has 1 heterocycles. The summed E-state index contributed by atoms with van der Waals surface area (Å²) in [4.78, 5) is 8.41. The van der Waals surface area contributed by atoms with Gasteiger partial charge >= 0.3 is 0 Å². The Labute approximate surface area is 110 Å². The standard InChI is InChI=1S/C11H18BrN3O2/c1-9-14-10(12)8-11(15-9)13-4-3-5-17-7-6-16-2/h8H,3-7H2,1-2H3,(H,13,14,15). The molecule has 0 amide bonds. The number of rotatable bonds is 8. The van der Waals surface area contributed by atoms with Crippen molar-refractivity contribution in [3.05, 3.63) is 16.5 Å². The molecule has 1 aromatic heterocycles. The van der Waals surface area contributed by atoms with Crippen molar-refractivity contribution in [2.24, 2.45) is 0 Å². The van der Waals surface area contributed by atoms with Gasteiger partial charge in [0.15, 0.2) is 0 Å². The highest BCUT2D eigenvalue weighted by Gasteiger charge is 1.98. The van der Waals surface area contributed by atoms with Crippen LogP contribution in [0.2, 0.25) is 0 Å². The fourth-order valence-corrected chi connectivity index (χ4v) is 1.73. The van der Waals surface area contributed by atoms with E-state index in [1.807, 2.05) is 13.0 Å². The lowest BCUT2D eigenvalue weighted by molar-refractivity contribution is 0.0705. The summed E-state index contributed by atoms with van der Waals surface area (Å²) in [7, 11) is 1.67. The van der Waals surface area contributed by atoms with Gasteiger partial charge < -0.3 is 14.8 Å². The molecule has 5 nitrogen and oxygen atoms in total. The third-order valence-electron chi connectivity index (χ3n) is 2.01. The second kappa shape index (κ2) is 8.38. The van der Waals surface area contributed by atoms with E-state index in [9.17, 15) is 0 Å². The van der Waals surface area contributed by atoms with Crippen molar-refractivity contribution in [1.82, 2.24) is 9.97 Å². The first-order chi connectivity index (χ1) is 8.22. The Kier molecular flexibility index (Phi) is 7.07. The zero-order valence-corrected chi connectivity index (χ0v) is 11.8. The van der Waals surface area contributed by atoms with Crippen molar-refractivity contribution in [3.8, 4) is 0 Å². The highest BCUT2D eigenvalue weighted by Crippen LogP contribution is 2.11. The van der Waals surface area contributed by atoms with E-state index in [0.717, 1.165) is 35.8 Å². The molecule has 1 N–H and O–H groups in total. The van der Waals surface area contributed by atoms with Crippen molar-refractivity contribution >= 4 is 21.7 Å². The second-order valence-electron chi connectivity index (χ2n) is 3.51. The van der Waals surface area contributed by atoms with E-state index < -0.39 is 0 Å². The van der Waals surface area contributed by atoms with Crippen molar-refractivity contribution < 1.29 is 9.47 Å². The first kappa shape index (κ1) is 14.3. The lowest BCUT2D eigenvalue weighted by Crippen LogP contribution is -2.09. The SMILES string of the molecule is COCCOCCCNc1cc(Br)nc(C)n1. The maximum absolute atomic E-state index is 5.35. The molecule has 1 rings (SSSR count). The summed E-state index contributed by atoms with van der Waals surface area (Å²) in [6, 6.07) is 1.86. The number of aryl methyl sites for hydroxylation is 1. The zero-order chi connectivity index (χ0) is 12.5. The summed E-state index contributed by atoms with van der Waals surface area (Å²) < 4.78 is 11.0. The molecule has 0 bridgehead atoms. The average Bonchev–Trinajstić information content (AvgIpc) is 2.26. The van der Waals surface area contributed by atoms with Crippen LogP contribution in [0.3, 0.4) is 0 Å². The van der Waals surface area contributed by atoms with Crippen LogP contribution in [0.4, 0.5) is 5.82 Å². The normalized spacial score (nSPS) is 10.5. The summed E-state index contributed by atoms with van der Waals surface area (Å²) in [5.74, 6) is 1.58. The number of anilines is 1. The monoisotopic (exact) mass is 303 g/mol. The number of aromatic nitrogens is 2. The van der Waals surface area contributed by atoms with Gasteiger partial charge in [0.1, 0.15) is 16.2 Å². The smallest absolute Gasteiger partial charge is 0.130 e. The average molecular weight is 304 g/mol. The molecule has 96 valence electrons. The largest absolute Gasteiger partial charge is 0.382 e. The van der Waals surface area contributed by atoms with Crippen LogP contribution in [-0.4, -0.2) is 43.4 Å². The minimum absolute atomic E-state index is 0.644. The van der Waals surface area contributed by atoms with Crippen LogP contribution in [-0.2, 0) is 9.47 Å². The van der Waals surface area contributed by atoms with E-state index in [0.29, 0.717) is 13.2 Å². The molecule has 0 aromatic carbocycles. The van der Waals surface area contributed by atoms with Gasteiger partial charge in [-0.1, -0.05) is 0 Å². The van der Waals surface area contributed by atoms with Crippen LogP contribution >= 0.6 is 15.9 Å². The molecule has 0 saturated heterocycles. The Morgan fingerprint density at radius 3 is 2.82 bits per heavy atom. The third kappa shape index (κ3) is 6.55. The highest BCUT2D eigenvalue weighted by atomic mass is 79.9. The van der Waals surface area contributed by atoms with Gasteiger partial charge in [-0.3, -0.25) is 0 Å². The molecule has 0 aliphatic heterocycles. The van der Waals surface area contributed by atoms with Gasteiger partial charge in [-0.2, -0.15) is 0 Å².